The van der Waals surface area contributed by atoms with Crippen LogP contribution in [-0.4, -0.2) is 23.0 Å². The third-order valence-electron chi connectivity index (χ3n) is 4.95. The standard InChI is InChI=1S/C14H11BrO2.C14H9BrO2/c2*15-13-8-11(6-7-12(13)9-16)14(17)10-4-2-1-3-5-10/h1-8,16H,9H2;1-9H. The molecule has 0 heterocycles. The number of aldehydes is 1. The molecule has 0 atom stereocenters. The minimum atomic E-state index is -0.0521. The SMILES string of the molecule is O=C(c1ccccc1)c1ccc(CO)c(Br)c1.O=Cc1ccc(C(=O)c2ccccc2)cc1Br. The first kappa shape index (κ1) is 25.4. The van der Waals surface area contributed by atoms with E-state index in [1.165, 1.54) is 0 Å². The van der Waals surface area contributed by atoms with Gasteiger partial charge in [0, 0.05) is 36.8 Å². The molecule has 0 radical (unpaired) electrons. The number of benzene rings is 4. The van der Waals surface area contributed by atoms with Gasteiger partial charge in [0.15, 0.2) is 17.9 Å². The molecule has 0 saturated heterocycles. The van der Waals surface area contributed by atoms with Crippen molar-refractivity contribution < 1.29 is 19.5 Å². The normalized spacial score (nSPS) is 10.1. The zero-order valence-corrected chi connectivity index (χ0v) is 21.1. The number of carbonyl (C=O) groups excluding carboxylic acids is 3. The number of aliphatic hydroxyl groups is 1. The molecule has 4 rings (SSSR count). The number of hydrogen-bond acceptors (Lipinski definition) is 4. The Labute approximate surface area is 214 Å². The van der Waals surface area contributed by atoms with Gasteiger partial charge >= 0.3 is 0 Å². The van der Waals surface area contributed by atoms with Gasteiger partial charge in [-0.05, 0) is 23.8 Å². The first-order chi connectivity index (χ1) is 16.4. The number of ketones is 2. The smallest absolute Gasteiger partial charge is 0.193 e. The Bertz CT molecular complexity index is 1300. The van der Waals surface area contributed by atoms with E-state index < -0.39 is 0 Å². The van der Waals surface area contributed by atoms with Gasteiger partial charge in [0.1, 0.15) is 0 Å². The minimum Gasteiger partial charge on any atom is -0.392 e. The van der Waals surface area contributed by atoms with Crippen molar-refractivity contribution in [3.63, 3.8) is 0 Å². The van der Waals surface area contributed by atoms with Gasteiger partial charge in [-0.25, -0.2) is 0 Å². The molecule has 4 aromatic carbocycles. The number of carbonyl (C=O) groups is 3. The van der Waals surface area contributed by atoms with E-state index >= 15 is 0 Å². The largest absolute Gasteiger partial charge is 0.392 e. The quantitative estimate of drug-likeness (QED) is 0.205. The molecule has 0 fully saturated rings. The van der Waals surface area contributed by atoms with Gasteiger partial charge in [0.05, 0.1) is 6.61 Å². The van der Waals surface area contributed by atoms with Gasteiger partial charge in [0.2, 0.25) is 0 Å². The average molecular weight is 580 g/mol. The third-order valence-corrected chi connectivity index (χ3v) is 6.37. The molecule has 0 unspecified atom stereocenters. The highest BCUT2D eigenvalue weighted by Crippen LogP contribution is 2.21. The fourth-order valence-corrected chi connectivity index (χ4v) is 4.07. The summed E-state index contributed by atoms with van der Waals surface area (Å²) in [5.74, 6) is -0.0699. The fraction of sp³-hybridized carbons (Fsp3) is 0.0357. The van der Waals surface area contributed by atoms with Crippen LogP contribution in [0.25, 0.3) is 0 Å². The molecular weight excluding hydrogens is 560 g/mol. The monoisotopic (exact) mass is 578 g/mol. The lowest BCUT2D eigenvalue weighted by Gasteiger charge is -2.04. The minimum absolute atomic E-state index is 0.0178. The van der Waals surface area contributed by atoms with E-state index in [4.69, 9.17) is 5.11 Å². The predicted octanol–water partition coefficient (Wildman–Crippen LogP) is 6.67. The van der Waals surface area contributed by atoms with Crippen molar-refractivity contribution in [3.05, 3.63) is 139 Å². The van der Waals surface area contributed by atoms with E-state index in [9.17, 15) is 14.4 Å². The van der Waals surface area contributed by atoms with Crippen LogP contribution in [0.2, 0.25) is 0 Å². The Morgan fingerprint density at radius 3 is 1.53 bits per heavy atom. The second-order valence-electron chi connectivity index (χ2n) is 7.21. The van der Waals surface area contributed by atoms with E-state index in [2.05, 4.69) is 31.9 Å². The third kappa shape index (κ3) is 6.44. The summed E-state index contributed by atoms with van der Waals surface area (Å²) in [6.45, 7) is -0.0413. The zero-order valence-electron chi connectivity index (χ0n) is 17.9. The maximum atomic E-state index is 12.1. The predicted molar refractivity (Wildman–Crippen MR) is 139 cm³/mol. The van der Waals surface area contributed by atoms with E-state index in [0.717, 1.165) is 16.3 Å². The van der Waals surface area contributed by atoms with Gasteiger partial charge in [-0.15, -0.1) is 0 Å². The van der Waals surface area contributed by atoms with Crippen molar-refractivity contribution in [2.75, 3.05) is 0 Å². The molecule has 34 heavy (non-hydrogen) atoms. The summed E-state index contributed by atoms with van der Waals surface area (Å²) < 4.78 is 1.39. The molecule has 0 bridgehead atoms. The second-order valence-corrected chi connectivity index (χ2v) is 8.92. The van der Waals surface area contributed by atoms with Gasteiger partial charge < -0.3 is 5.11 Å². The number of halogens is 2. The molecule has 1 N–H and O–H groups in total. The lowest BCUT2D eigenvalue weighted by atomic mass is 10.0. The maximum absolute atomic E-state index is 12.1. The van der Waals surface area contributed by atoms with Crippen molar-refractivity contribution in [1.29, 1.82) is 0 Å². The van der Waals surface area contributed by atoms with Crippen LogP contribution in [0.5, 0.6) is 0 Å². The van der Waals surface area contributed by atoms with E-state index in [1.807, 2.05) is 36.4 Å². The average Bonchev–Trinajstić information content (AvgIpc) is 2.89. The molecule has 0 aliphatic heterocycles. The van der Waals surface area contributed by atoms with Crippen LogP contribution in [0.15, 0.2) is 106 Å². The van der Waals surface area contributed by atoms with Crippen LogP contribution in [0, 0.1) is 0 Å². The molecule has 0 amide bonds. The Balaban J connectivity index is 0.000000191. The Morgan fingerprint density at radius 1 is 0.647 bits per heavy atom. The molecule has 0 aliphatic rings. The highest BCUT2D eigenvalue weighted by molar-refractivity contribution is 9.10. The maximum Gasteiger partial charge on any atom is 0.193 e. The van der Waals surface area contributed by atoms with E-state index in [0.29, 0.717) is 32.3 Å². The summed E-state index contributed by atoms with van der Waals surface area (Å²) in [7, 11) is 0. The second kappa shape index (κ2) is 12.3. The number of rotatable bonds is 6. The van der Waals surface area contributed by atoms with Crippen LogP contribution < -0.4 is 0 Å². The van der Waals surface area contributed by atoms with Gasteiger partial charge in [-0.2, -0.15) is 0 Å². The molecular formula is C28H20Br2O4. The highest BCUT2D eigenvalue weighted by Gasteiger charge is 2.11. The van der Waals surface area contributed by atoms with Gasteiger partial charge in [-0.1, -0.05) is 111 Å². The summed E-state index contributed by atoms with van der Waals surface area (Å²) in [5.41, 5.74) is 3.78. The van der Waals surface area contributed by atoms with Crippen LogP contribution in [-0.2, 0) is 6.61 Å². The van der Waals surface area contributed by atoms with Gasteiger partial charge in [0.25, 0.3) is 0 Å². The summed E-state index contributed by atoms with van der Waals surface area (Å²) in [5, 5.41) is 9.05. The summed E-state index contributed by atoms with van der Waals surface area (Å²) in [6, 6.07) is 28.3. The fourth-order valence-electron chi connectivity index (χ4n) is 3.09. The van der Waals surface area contributed by atoms with Gasteiger partial charge in [-0.3, -0.25) is 14.4 Å². The van der Waals surface area contributed by atoms with Crippen molar-refractivity contribution >= 4 is 49.7 Å². The zero-order chi connectivity index (χ0) is 24.5. The summed E-state index contributed by atoms with van der Waals surface area (Å²) in [4.78, 5) is 34.9. The molecule has 0 spiro atoms. The van der Waals surface area contributed by atoms with Crippen LogP contribution >= 0.6 is 31.9 Å². The molecule has 0 aromatic heterocycles. The van der Waals surface area contributed by atoms with Crippen LogP contribution in [0.1, 0.15) is 47.8 Å². The molecule has 4 nitrogen and oxygen atoms in total. The first-order valence-corrected chi connectivity index (χ1v) is 11.9. The molecule has 0 saturated carbocycles. The Hall–Kier alpha value is -3.19. The summed E-state index contributed by atoms with van der Waals surface area (Å²) in [6.07, 6.45) is 0.751. The molecule has 4 aromatic rings. The Kier molecular flexibility index (Phi) is 9.22. The number of aliphatic hydroxyl groups excluding tert-OH is 1. The highest BCUT2D eigenvalue weighted by atomic mass is 79.9. The van der Waals surface area contributed by atoms with Crippen molar-refractivity contribution in [2.45, 2.75) is 6.61 Å². The van der Waals surface area contributed by atoms with E-state index in [-0.39, 0.29) is 18.2 Å². The van der Waals surface area contributed by atoms with Crippen molar-refractivity contribution in [3.8, 4) is 0 Å². The molecule has 170 valence electrons. The molecule has 0 aliphatic carbocycles. The summed E-state index contributed by atoms with van der Waals surface area (Å²) >= 11 is 6.60. The van der Waals surface area contributed by atoms with Crippen LogP contribution in [0.4, 0.5) is 0 Å². The Morgan fingerprint density at radius 2 is 1.12 bits per heavy atom. The van der Waals surface area contributed by atoms with Crippen molar-refractivity contribution in [2.24, 2.45) is 0 Å². The topological polar surface area (TPSA) is 71.4 Å². The first-order valence-electron chi connectivity index (χ1n) is 10.3. The lowest BCUT2D eigenvalue weighted by molar-refractivity contribution is 0.103. The molecule has 6 heteroatoms. The lowest BCUT2D eigenvalue weighted by Crippen LogP contribution is -2.01. The van der Waals surface area contributed by atoms with E-state index in [1.54, 1.807) is 60.7 Å². The van der Waals surface area contributed by atoms with Crippen molar-refractivity contribution in [1.82, 2.24) is 0 Å². The van der Waals surface area contributed by atoms with Crippen LogP contribution in [0.3, 0.4) is 0 Å². The number of hydrogen-bond donors (Lipinski definition) is 1.